The molecule has 3 aromatic rings. The minimum atomic E-state index is -0.304. The van der Waals surface area contributed by atoms with Crippen LogP contribution in [0.3, 0.4) is 0 Å². The van der Waals surface area contributed by atoms with Crippen LogP contribution in [0.4, 0.5) is 11.6 Å². The van der Waals surface area contributed by atoms with E-state index in [0.717, 1.165) is 11.3 Å². The quantitative estimate of drug-likeness (QED) is 0.685. The van der Waals surface area contributed by atoms with Gasteiger partial charge in [-0.3, -0.25) is 20.7 Å². The first-order valence-electron chi connectivity index (χ1n) is 8.61. The number of hydrogen-bond acceptors (Lipinski definition) is 6. The van der Waals surface area contributed by atoms with Crippen LogP contribution in [0.5, 0.6) is 0 Å². The Labute approximate surface area is 156 Å². The molecule has 1 aliphatic heterocycles. The van der Waals surface area contributed by atoms with E-state index in [9.17, 15) is 4.79 Å². The van der Waals surface area contributed by atoms with Crippen LogP contribution in [0, 0.1) is 0 Å². The summed E-state index contributed by atoms with van der Waals surface area (Å²) in [5, 5.41) is 6.48. The maximum atomic E-state index is 12.6. The Bertz CT molecular complexity index is 930. The molecule has 7 nitrogen and oxygen atoms in total. The zero-order valence-corrected chi connectivity index (χ0v) is 14.5. The summed E-state index contributed by atoms with van der Waals surface area (Å²) in [6, 6.07) is 21.6. The van der Waals surface area contributed by atoms with Crippen molar-refractivity contribution in [2.45, 2.75) is 12.5 Å². The molecule has 1 aromatic heterocycles. The zero-order chi connectivity index (χ0) is 18.5. The third-order valence-electron chi connectivity index (χ3n) is 4.23. The molecule has 1 atom stereocenters. The largest absolute Gasteiger partial charge is 0.285 e. The van der Waals surface area contributed by atoms with Crippen LogP contribution in [0.2, 0.25) is 0 Å². The van der Waals surface area contributed by atoms with Crippen molar-refractivity contribution in [2.75, 3.05) is 10.4 Å². The number of hydrazone groups is 1. The van der Waals surface area contributed by atoms with Crippen molar-refractivity contribution in [3.63, 3.8) is 0 Å². The van der Waals surface area contributed by atoms with E-state index in [1.54, 1.807) is 18.5 Å². The summed E-state index contributed by atoms with van der Waals surface area (Å²) in [5.41, 5.74) is 7.81. The van der Waals surface area contributed by atoms with E-state index in [1.807, 2.05) is 65.7 Å². The number of rotatable bonds is 5. The highest BCUT2D eigenvalue weighted by molar-refractivity contribution is 6.39. The van der Waals surface area contributed by atoms with Gasteiger partial charge in [0.1, 0.15) is 5.71 Å². The van der Waals surface area contributed by atoms with Gasteiger partial charge >= 0.3 is 0 Å². The number of anilines is 2. The van der Waals surface area contributed by atoms with Crippen LogP contribution in [0.1, 0.15) is 18.0 Å². The normalized spacial score (nSPS) is 15.9. The fourth-order valence-corrected chi connectivity index (χ4v) is 2.95. The molecule has 2 aromatic carbocycles. The standard InChI is InChI=1S/C20H18N6O/c27-19(23-24-20-21-12-7-13-22-20)17-14-18(15-8-3-1-4-9-15)26(25-17)16-10-5-2-6-11-16/h1-13,18H,14H2,(H,23,27)(H,21,22,24)/t18-/m0/s1. The summed E-state index contributed by atoms with van der Waals surface area (Å²) < 4.78 is 0. The Morgan fingerprint density at radius 1 is 0.926 bits per heavy atom. The van der Waals surface area contributed by atoms with Gasteiger partial charge in [0.15, 0.2) is 0 Å². The lowest BCUT2D eigenvalue weighted by Gasteiger charge is -2.23. The molecular weight excluding hydrogens is 340 g/mol. The lowest BCUT2D eigenvalue weighted by atomic mass is 10.0. The van der Waals surface area contributed by atoms with Gasteiger partial charge in [-0.15, -0.1) is 0 Å². The Morgan fingerprint density at radius 2 is 1.59 bits per heavy atom. The second-order valence-corrected chi connectivity index (χ2v) is 6.01. The Hall–Kier alpha value is -3.74. The van der Waals surface area contributed by atoms with Gasteiger partial charge in [-0.05, 0) is 23.8 Å². The summed E-state index contributed by atoms with van der Waals surface area (Å²) in [7, 11) is 0. The van der Waals surface area contributed by atoms with Crippen molar-refractivity contribution in [2.24, 2.45) is 5.10 Å². The number of carbonyl (C=O) groups is 1. The fraction of sp³-hybridized carbons (Fsp3) is 0.100. The van der Waals surface area contributed by atoms with Gasteiger partial charge in [-0.25, -0.2) is 9.97 Å². The molecule has 0 fully saturated rings. The van der Waals surface area contributed by atoms with Crippen molar-refractivity contribution >= 4 is 23.3 Å². The minimum absolute atomic E-state index is 0.0395. The van der Waals surface area contributed by atoms with E-state index in [0.29, 0.717) is 18.1 Å². The predicted molar refractivity (Wildman–Crippen MR) is 104 cm³/mol. The highest BCUT2D eigenvalue weighted by Crippen LogP contribution is 2.34. The molecule has 1 amide bonds. The van der Waals surface area contributed by atoms with Crippen LogP contribution < -0.4 is 15.9 Å². The highest BCUT2D eigenvalue weighted by Gasteiger charge is 2.32. The Balaban J connectivity index is 1.55. The SMILES string of the molecule is O=C(NNc1ncccn1)C1=NN(c2ccccc2)[C@H](c2ccccc2)C1. The number of hydrazine groups is 1. The van der Waals surface area contributed by atoms with Gasteiger partial charge in [-0.2, -0.15) is 5.10 Å². The average Bonchev–Trinajstić information content (AvgIpc) is 3.20. The van der Waals surface area contributed by atoms with E-state index < -0.39 is 0 Å². The molecule has 0 unspecified atom stereocenters. The second kappa shape index (κ2) is 7.65. The van der Waals surface area contributed by atoms with Crippen molar-refractivity contribution in [3.05, 3.63) is 84.7 Å². The fourth-order valence-electron chi connectivity index (χ4n) is 2.95. The van der Waals surface area contributed by atoms with E-state index in [1.165, 1.54) is 0 Å². The van der Waals surface area contributed by atoms with Crippen LogP contribution in [0.15, 0.2) is 84.2 Å². The summed E-state index contributed by atoms with van der Waals surface area (Å²) in [4.78, 5) is 20.6. The maximum absolute atomic E-state index is 12.6. The van der Waals surface area contributed by atoms with Crippen molar-refractivity contribution in [3.8, 4) is 0 Å². The summed E-state index contributed by atoms with van der Waals surface area (Å²) >= 11 is 0. The topological polar surface area (TPSA) is 82.5 Å². The molecule has 0 bridgehead atoms. The first kappa shape index (κ1) is 16.7. The summed E-state index contributed by atoms with van der Waals surface area (Å²) in [6.45, 7) is 0. The third kappa shape index (κ3) is 3.77. The number of hydrogen-bond donors (Lipinski definition) is 2. The minimum Gasteiger partial charge on any atom is -0.266 e. The van der Waals surface area contributed by atoms with Gasteiger partial charge < -0.3 is 0 Å². The van der Waals surface area contributed by atoms with E-state index in [2.05, 4.69) is 25.9 Å². The smallest absolute Gasteiger partial charge is 0.266 e. The number of aromatic nitrogens is 2. The number of amides is 1. The monoisotopic (exact) mass is 358 g/mol. The molecule has 2 heterocycles. The molecule has 0 saturated heterocycles. The average molecular weight is 358 g/mol. The number of nitrogens with one attached hydrogen (secondary N) is 2. The number of carbonyl (C=O) groups excluding carboxylic acids is 1. The van der Waals surface area contributed by atoms with Gasteiger partial charge in [-0.1, -0.05) is 48.5 Å². The van der Waals surface area contributed by atoms with Crippen molar-refractivity contribution in [1.29, 1.82) is 0 Å². The molecule has 0 spiro atoms. The van der Waals surface area contributed by atoms with Gasteiger partial charge in [0.2, 0.25) is 5.95 Å². The first-order chi connectivity index (χ1) is 13.3. The molecular formula is C20H18N6O. The third-order valence-corrected chi connectivity index (χ3v) is 4.23. The molecule has 134 valence electrons. The molecule has 7 heteroatoms. The molecule has 0 radical (unpaired) electrons. The van der Waals surface area contributed by atoms with E-state index >= 15 is 0 Å². The van der Waals surface area contributed by atoms with E-state index in [4.69, 9.17) is 0 Å². The number of nitrogens with zero attached hydrogens (tertiary/aromatic N) is 4. The molecule has 1 aliphatic rings. The highest BCUT2D eigenvalue weighted by atomic mass is 16.2. The van der Waals surface area contributed by atoms with Gasteiger partial charge in [0.25, 0.3) is 5.91 Å². The van der Waals surface area contributed by atoms with Gasteiger partial charge in [0.05, 0.1) is 11.7 Å². The predicted octanol–water partition coefficient (Wildman–Crippen LogP) is 2.93. The summed E-state index contributed by atoms with van der Waals surface area (Å²) in [5.74, 6) is 0.0192. The number of benzene rings is 2. The zero-order valence-electron chi connectivity index (χ0n) is 14.5. The lowest BCUT2D eigenvalue weighted by molar-refractivity contribution is -0.114. The van der Waals surface area contributed by atoms with Crippen LogP contribution in [-0.4, -0.2) is 21.6 Å². The number of para-hydroxylation sites is 1. The Kier molecular flexibility index (Phi) is 4.74. The second-order valence-electron chi connectivity index (χ2n) is 6.01. The lowest BCUT2D eigenvalue weighted by Crippen LogP contribution is -2.35. The molecule has 2 N–H and O–H groups in total. The van der Waals surface area contributed by atoms with Gasteiger partial charge in [0, 0.05) is 18.8 Å². The summed E-state index contributed by atoms with van der Waals surface area (Å²) in [6.07, 6.45) is 3.69. The van der Waals surface area contributed by atoms with Crippen LogP contribution in [-0.2, 0) is 4.79 Å². The molecule has 0 saturated carbocycles. The Morgan fingerprint density at radius 3 is 2.30 bits per heavy atom. The van der Waals surface area contributed by atoms with Crippen molar-refractivity contribution < 1.29 is 4.79 Å². The first-order valence-corrected chi connectivity index (χ1v) is 8.61. The molecule has 27 heavy (non-hydrogen) atoms. The van der Waals surface area contributed by atoms with Crippen molar-refractivity contribution in [1.82, 2.24) is 15.4 Å². The molecule has 0 aliphatic carbocycles. The van der Waals surface area contributed by atoms with Crippen LogP contribution in [0.25, 0.3) is 0 Å². The van der Waals surface area contributed by atoms with E-state index in [-0.39, 0.29) is 11.9 Å². The maximum Gasteiger partial charge on any atom is 0.285 e. The molecule has 4 rings (SSSR count). The van der Waals surface area contributed by atoms with Crippen LogP contribution >= 0.6 is 0 Å².